The van der Waals surface area contributed by atoms with Crippen LogP contribution in [0.4, 0.5) is 8.78 Å². The second-order valence-electron chi connectivity index (χ2n) is 5.48. The van der Waals surface area contributed by atoms with Gasteiger partial charge in [-0.25, -0.2) is 8.78 Å². The summed E-state index contributed by atoms with van der Waals surface area (Å²) in [4.78, 5) is 0. The number of rotatable bonds is 4. The first-order chi connectivity index (χ1) is 12.5. The van der Waals surface area contributed by atoms with Crippen molar-refractivity contribution in [2.45, 2.75) is 0 Å². The molecule has 0 saturated heterocycles. The Kier molecular flexibility index (Phi) is 5.35. The van der Waals surface area contributed by atoms with Crippen LogP contribution in [0.1, 0.15) is 0 Å². The van der Waals surface area contributed by atoms with Gasteiger partial charge in [-0.1, -0.05) is 35.3 Å². The minimum atomic E-state index is -0.986. The van der Waals surface area contributed by atoms with Crippen LogP contribution in [0.5, 0.6) is 11.5 Å². The van der Waals surface area contributed by atoms with Crippen molar-refractivity contribution in [3.63, 3.8) is 0 Å². The fraction of sp³-hybridized carbons (Fsp3) is 0.100. The van der Waals surface area contributed by atoms with E-state index in [1.807, 2.05) is 0 Å². The summed E-state index contributed by atoms with van der Waals surface area (Å²) in [6.45, 7) is 0. The molecule has 6 heteroatoms. The van der Waals surface area contributed by atoms with Crippen molar-refractivity contribution in [3.8, 4) is 33.8 Å². The number of hydrogen-bond acceptors (Lipinski definition) is 2. The summed E-state index contributed by atoms with van der Waals surface area (Å²) < 4.78 is 40.1. The molecular weight excluding hydrogens is 381 g/mol. The lowest BCUT2D eigenvalue weighted by Gasteiger charge is -2.14. The quantitative estimate of drug-likeness (QED) is 0.494. The van der Waals surface area contributed by atoms with Crippen LogP contribution < -0.4 is 9.47 Å². The summed E-state index contributed by atoms with van der Waals surface area (Å²) in [5.41, 5.74) is 0.964. The van der Waals surface area contributed by atoms with E-state index in [1.54, 1.807) is 36.4 Å². The Morgan fingerprint density at radius 1 is 0.615 bits per heavy atom. The third-order valence-electron chi connectivity index (χ3n) is 3.99. The molecular formula is C20H14Cl2F2O2. The maximum absolute atomic E-state index is 14.8. The van der Waals surface area contributed by atoms with E-state index in [0.29, 0.717) is 32.7 Å². The summed E-state index contributed by atoms with van der Waals surface area (Å²) in [5.74, 6) is -1.26. The Bertz CT molecular complexity index is 896. The minimum absolute atomic E-state index is 0.0766. The van der Waals surface area contributed by atoms with Gasteiger partial charge in [0.25, 0.3) is 0 Å². The SMILES string of the molecule is COc1cc(Cl)ccc1-c1ccc(-c2ccc(Cl)cc2OC)c(F)c1F. The summed E-state index contributed by atoms with van der Waals surface area (Å²) in [5, 5.41) is 0.878. The van der Waals surface area contributed by atoms with Gasteiger partial charge >= 0.3 is 0 Å². The second kappa shape index (κ2) is 7.52. The first-order valence-electron chi connectivity index (χ1n) is 7.62. The summed E-state index contributed by atoms with van der Waals surface area (Å²) >= 11 is 11.9. The van der Waals surface area contributed by atoms with Gasteiger partial charge in [-0.15, -0.1) is 0 Å². The lowest BCUT2D eigenvalue weighted by Crippen LogP contribution is -1.97. The van der Waals surface area contributed by atoms with Crippen LogP contribution in [0.2, 0.25) is 10.0 Å². The normalized spacial score (nSPS) is 10.7. The monoisotopic (exact) mass is 394 g/mol. The highest BCUT2D eigenvalue weighted by molar-refractivity contribution is 6.31. The van der Waals surface area contributed by atoms with Crippen molar-refractivity contribution in [1.29, 1.82) is 0 Å². The van der Waals surface area contributed by atoms with Crippen molar-refractivity contribution in [2.24, 2.45) is 0 Å². The van der Waals surface area contributed by atoms with Crippen molar-refractivity contribution in [2.75, 3.05) is 14.2 Å². The maximum atomic E-state index is 14.8. The molecule has 0 saturated carbocycles. The molecule has 134 valence electrons. The Balaban J connectivity index is 2.17. The van der Waals surface area contributed by atoms with Gasteiger partial charge in [0.1, 0.15) is 11.5 Å². The number of ether oxygens (including phenoxy) is 2. The summed E-state index contributed by atoms with van der Waals surface area (Å²) in [7, 11) is 2.88. The van der Waals surface area contributed by atoms with E-state index in [0.717, 1.165) is 0 Å². The average Bonchev–Trinajstić information content (AvgIpc) is 2.64. The molecule has 0 bridgehead atoms. The van der Waals surface area contributed by atoms with Crippen LogP contribution in [-0.2, 0) is 0 Å². The smallest absolute Gasteiger partial charge is 0.167 e. The van der Waals surface area contributed by atoms with Gasteiger partial charge in [0.15, 0.2) is 11.6 Å². The van der Waals surface area contributed by atoms with Crippen molar-refractivity contribution in [1.82, 2.24) is 0 Å². The van der Waals surface area contributed by atoms with Crippen LogP contribution in [-0.4, -0.2) is 14.2 Å². The molecule has 0 aliphatic rings. The molecule has 0 fully saturated rings. The third kappa shape index (κ3) is 3.35. The first-order valence-corrected chi connectivity index (χ1v) is 8.37. The average molecular weight is 395 g/mol. The molecule has 0 amide bonds. The molecule has 2 nitrogen and oxygen atoms in total. The molecule has 0 N–H and O–H groups in total. The Labute approximate surface area is 159 Å². The van der Waals surface area contributed by atoms with Crippen LogP contribution in [0.25, 0.3) is 22.3 Å². The largest absolute Gasteiger partial charge is 0.496 e. The zero-order valence-corrected chi connectivity index (χ0v) is 15.5. The summed E-state index contributed by atoms with van der Waals surface area (Å²) in [6, 6.07) is 12.4. The highest BCUT2D eigenvalue weighted by Gasteiger charge is 2.20. The molecule has 0 aliphatic heterocycles. The maximum Gasteiger partial charge on any atom is 0.167 e. The van der Waals surface area contributed by atoms with Gasteiger partial charge in [-0.05, 0) is 36.4 Å². The van der Waals surface area contributed by atoms with Crippen molar-refractivity contribution >= 4 is 23.2 Å². The summed E-state index contributed by atoms with van der Waals surface area (Å²) in [6.07, 6.45) is 0. The molecule has 3 aromatic carbocycles. The zero-order valence-electron chi connectivity index (χ0n) is 13.9. The molecule has 0 unspecified atom stereocenters. The number of halogens is 4. The molecule has 0 spiro atoms. The molecule has 3 rings (SSSR count). The Morgan fingerprint density at radius 2 is 0.962 bits per heavy atom. The van der Waals surface area contributed by atoms with Crippen molar-refractivity contribution in [3.05, 3.63) is 70.2 Å². The molecule has 3 aromatic rings. The van der Waals surface area contributed by atoms with E-state index in [2.05, 4.69) is 0 Å². The lowest BCUT2D eigenvalue weighted by atomic mass is 9.97. The molecule has 0 aliphatic carbocycles. The van der Waals surface area contributed by atoms with Gasteiger partial charge in [0, 0.05) is 32.3 Å². The van der Waals surface area contributed by atoms with Crippen LogP contribution in [0.15, 0.2) is 48.5 Å². The molecule has 26 heavy (non-hydrogen) atoms. The zero-order chi connectivity index (χ0) is 18.8. The van der Waals surface area contributed by atoms with Crippen LogP contribution in [0.3, 0.4) is 0 Å². The molecule has 0 atom stereocenters. The van der Waals surface area contributed by atoms with E-state index in [1.165, 1.54) is 26.4 Å². The van der Waals surface area contributed by atoms with Crippen LogP contribution >= 0.6 is 23.2 Å². The standard InChI is InChI=1S/C20H14Cl2F2O2/c1-25-17-9-11(21)3-5-13(17)15-7-8-16(20(24)19(15)23)14-6-4-12(22)10-18(14)26-2/h3-10H,1-2H3. The minimum Gasteiger partial charge on any atom is -0.496 e. The Morgan fingerprint density at radius 3 is 1.31 bits per heavy atom. The molecule has 0 radical (unpaired) electrons. The van der Waals surface area contributed by atoms with Gasteiger partial charge in [-0.3, -0.25) is 0 Å². The number of methoxy groups -OCH3 is 2. The van der Waals surface area contributed by atoms with E-state index >= 15 is 0 Å². The lowest BCUT2D eigenvalue weighted by molar-refractivity contribution is 0.415. The molecule has 0 heterocycles. The van der Waals surface area contributed by atoms with E-state index in [9.17, 15) is 8.78 Å². The fourth-order valence-electron chi connectivity index (χ4n) is 2.74. The van der Waals surface area contributed by atoms with E-state index in [-0.39, 0.29) is 11.1 Å². The van der Waals surface area contributed by atoms with Gasteiger partial charge in [0.2, 0.25) is 0 Å². The van der Waals surface area contributed by atoms with Crippen LogP contribution in [0, 0.1) is 11.6 Å². The second-order valence-corrected chi connectivity index (χ2v) is 6.35. The number of hydrogen-bond donors (Lipinski definition) is 0. The highest BCUT2D eigenvalue weighted by atomic mass is 35.5. The van der Waals surface area contributed by atoms with Gasteiger partial charge in [0.05, 0.1) is 14.2 Å². The van der Waals surface area contributed by atoms with Gasteiger partial charge in [-0.2, -0.15) is 0 Å². The fourth-order valence-corrected chi connectivity index (χ4v) is 3.06. The van der Waals surface area contributed by atoms with E-state index in [4.69, 9.17) is 32.7 Å². The predicted octanol–water partition coefficient (Wildman–Crippen LogP) is 6.62. The first kappa shape index (κ1) is 18.5. The predicted molar refractivity (Wildman–Crippen MR) is 100 cm³/mol. The van der Waals surface area contributed by atoms with E-state index < -0.39 is 11.6 Å². The van der Waals surface area contributed by atoms with Crippen molar-refractivity contribution < 1.29 is 18.3 Å². The third-order valence-corrected chi connectivity index (χ3v) is 4.46. The topological polar surface area (TPSA) is 18.5 Å². The van der Waals surface area contributed by atoms with Gasteiger partial charge < -0.3 is 9.47 Å². The number of benzene rings is 3. The molecule has 0 aromatic heterocycles. The Hall–Kier alpha value is -2.30. The highest BCUT2D eigenvalue weighted by Crippen LogP contribution is 2.39.